The van der Waals surface area contributed by atoms with Gasteiger partial charge in [0, 0.05) is 24.5 Å². The van der Waals surface area contributed by atoms with Gasteiger partial charge >= 0.3 is 0 Å². The number of benzene rings is 1. The van der Waals surface area contributed by atoms with Crippen molar-refractivity contribution in [3.05, 3.63) is 65.2 Å². The fourth-order valence-electron chi connectivity index (χ4n) is 2.72. The van der Waals surface area contributed by atoms with Crippen molar-refractivity contribution in [3.8, 4) is 5.69 Å². The Morgan fingerprint density at radius 1 is 1.10 bits per heavy atom. The molecule has 0 aliphatic heterocycles. The minimum atomic E-state index is -0.249. The van der Waals surface area contributed by atoms with Crippen LogP contribution in [0.2, 0.25) is 0 Å². The van der Waals surface area contributed by atoms with Gasteiger partial charge in [0.2, 0.25) is 0 Å². The van der Waals surface area contributed by atoms with E-state index in [1.54, 1.807) is 6.20 Å². The number of nitrogens with two attached hydrogens (primary N) is 1. The molecule has 2 aromatic heterocycles. The van der Waals surface area contributed by atoms with E-state index in [9.17, 15) is 0 Å². The molecule has 1 unspecified atom stereocenters. The fourth-order valence-corrected chi connectivity index (χ4v) is 2.72. The van der Waals surface area contributed by atoms with Crippen molar-refractivity contribution < 1.29 is 0 Å². The standard InChI is InChI=1S/C16H19N5/c1-11-15(12(2)20(3)19-11)16(17)14-9-10-18-21(14)13-7-5-4-6-8-13/h4-10,16H,17H2,1-3H3. The zero-order valence-corrected chi connectivity index (χ0v) is 12.5. The first kappa shape index (κ1) is 13.6. The molecule has 0 aliphatic carbocycles. The van der Waals surface area contributed by atoms with Crippen LogP contribution in [-0.2, 0) is 7.05 Å². The summed E-state index contributed by atoms with van der Waals surface area (Å²) in [7, 11) is 1.94. The monoisotopic (exact) mass is 281 g/mol. The minimum Gasteiger partial charge on any atom is -0.319 e. The second-order valence-electron chi connectivity index (χ2n) is 5.19. The second kappa shape index (κ2) is 5.18. The van der Waals surface area contributed by atoms with E-state index in [2.05, 4.69) is 10.2 Å². The lowest BCUT2D eigenvalue weighted by molar-refractivity contribution is 0.717. The number of aryl methyl sites for hydroxylation is 2. The highest BCUT2D eigenvalue weighted by Gasteiger charge is 2.21. The van der Waals surface area contributed by atoms with Crippen molar-refractivity contribution in [1.29, 1.82) is 0 Å². The van der Waals surface area contributed by atoms with Crippen LogP contribution in [0.5, 0.6) is 0 Å². The highest BCUT2D eigenvalue weighted by molar-refractivity contribution is 5.38. The Labute approximate surface area is 124 Å². The highest BCUT2D eigenvalue weighted by atomic mass is 15.3. The van der Waals surface area contributed by atoms with Crippen LogP contribution < -0.4 is 5.73 Å². The van der Waals surface area contributed by atoms with E-state index in [0.29, 0.717) is 0 Å². The lowest BCUT2D eigenvalue weighted by Crippen LogP contribution is -2.18. The molecule has 1 atom stereocenters. The van der Waals surface area contributed by atoms with E-state index in [1.807, 2.05) is 66.7 Å². The molecule has 0 saturated heterocycles. The van der Waals surface area contributed by atoms with E-state index in [0.717, 1.165) is 28.3 Å². The van der Waals surface area contributed by atoms with Gasteiger partial charge in [-0.3, -0.25) is 4.68 Å². The van der Waals surface area contributed by atoms with Gasteiger partial charge in [-0.05, 0) is 32.0 Å². The molecule has 0 bridgehead atoms. The van der Waals surface area contributed by atoms with Crippen molar-refractivity contribution >= 4 is 0 Å². The van der Waals surface area contributed by atoms with Crippen LogP contribution >= 0.6 is 0 Å². The number of rotatable bonds is 3. The molecule has 1 aromatic carbocycles. The van der Waals surface area contributed by atoms with E-state index in [1.165, 1.54) is 0 Å². The third-order valence-electron chi connectivity index (χ3n) is 3.87. The molecule has 5 heteroatoms. The highest BCUT2D eigenvalue weighted by Crippen LogP contribution is 2.26. The van der Waals surface area contributed by atoms with Gasteiger partial charge in [-0.1, -0.05) is 18.2 Å². The SMILES string of the molecule is Cc1nn(C)c(C)c1C(N)c1ccnn1-c1ccccc1. The Morgan fingerprint density at radius 3 is 2.43 bits per heavy atom. The van der Waals surface area contributed by atoms with Crippen molar-refractivity contribution in [2.75, 3.05) is 0 Å². The summed E-state index contributed by atoms with van der Waals surface area (Å²) in [6.45, 7) is 4.03. The molecule has 3 aromatic rings. The van der Waals surface area contributed by atoms with E-state index >= 15 is 0 Å². The van der Waals surface area contributed by atoms with Crippen LogP contribution in [0.25, 0.3) is 5.69 Å². The Kier molecular flexibility index (Phi) is 3.35. The maximum atomic E-state index is 6.50. The molecule has 0 saturated carbocycles. The third kappa shape index (κ3) is 2.25. The van der Waals surface area contributed by atoms with E-state index < -0.39 is 0 Å². The molecule has 0 spiro atoms. The molecule has 21 heavy (non-hydrogen) atoms. The lowest BCUT2D eigenvalue weighted by atomic mass is 10.0. The van der Waals surface area contributed by atoms with Gasteiger partial charge in [0.1, 0.15) is 0 Å². The molecular weight excluding hydrogens is 262 g/mol. The summed E-state index contributed by atoms with van der Waals surface area (Å²) in [5, 5.41) is 8.86. The first-order chi connectivity index (χ1) is 10.1. The van der Waals surface area contributed by atoms with Gasteiger partial charge in [-0.25, -0.2) is 4.68 Å². The fraction of sp³-hybridized carbons (Fsp3) is 0.250. The Bertz CT molecular complexity index is 754. The number of hydrogen-bond acceptors (Lipinski definition) is 3. The zero-order valence-electron chi connectivity index (χ0n) is 12.5. The Balaban J connectivity index is 2.08. The molecule has 0 aliphatic rings. The molecule has 108 valence electrons. The van der Waals surface area contributed by atoms with Crippen LogP contribution in [0.4, 0.5) is 0 Å². The summed E-state index contributed by atoms with van der Waals surface area (Å²) in [5.41, 5.74) is 11.6. The Morgan fingerprint density at radius 2 is 1.81 bits per heavy atom. The summed E-state index contributed by atoms with van der Waals surface area (Å²) in [4.78, 5) is 0. The molecule has 0 amide bonds. The van der Waals surface area contributed by atoms with E-state index in [-0.39, 0.29) is 6.04 Å². The van der Waals surface area contributed by atoms with Crippen molar-refractivity contribution in [2.45, 2.75) is 19.9 Å². The maximum absolute atomic E-state index is 6.50. The third-order valence-corrected chi connectivity index (χ3v) is 3.87. The lowest BCUT2D eigenvalue weighted by Gasteiger charge is -2.15. The maximum Gasteiger partial charge on any atom is 0.0764 e. The average Bonchev–Trinajstić information content (AvgIpc) is 3.05. The predicted molar refractivity (Wildman–Crippen MR) is 82.3 cm³/mol. The molecule has 0 radical (unpaired) electrons. The largest absolute Gasteiger partial charge is 0.319 e. The molecular formula is C16H19N5. The predicted octanol–water partition coefficient (Wildman–Crippen LogP) is 2.27. The number of para-hydroxylation sites is 1. The van der Waals surface area contributed by atoms with Crippen molar-refractivity contribution in [2.24, 2.45) is 12.8 Å². The number of aromatic nitrogens is 4. The topological polar surface area (TPSA) is 61.7 Å². The summed E-state index contributed by atoms with van der Waals surface area (Å²) < 4.78 is 3.75. The van der Waals surface area contributed by atoms with Crippen LogP contribution in [0.1, 0.15) is 28.7 Å². The van der Waals surface area contributed by atoms with Crippen molar-refractivity contribution in [1.82, 2.24) is 19.6 Å². The van der Waals surface area contributed by atoms with Gasteiger partial charge in [-0.2, -0.15) is 10.2 Å². The van der Waals surface area contributed by atoms with Gasteiger partial charge in [0.05, 0.1) is 23.1 Å². The molecule has 2 N–H and O–H groups in total. The molecule has 0 fully saturated rings. The Hall–Kier alpha value is -2.40. The summed E-state index contributed by atoms with van der Waals surface area (Å²) in [6.07, 6.45) is 1.78. The second-order valence-corrected chi connectivity index (χ2v) is 5.19. The summed E-state index contributed by atoms with van der Waals surface area (Å²) in [6, 6.07) is 11.7. The van der Waals surface area contributed by atoms with Crippen LogP contribution in [0.15, 0.2) is 42.6 Å². The number of nitrogens with zero attached hydrogens (tertiary/aromatic N) is 4. The van der Waals surface area contributed by atoms with Crippen LogP contribution in [0, 0.1) is 13.8 Å². The van der Waals surface area contributed by atoms with Gasteiger partial charge < -0.3 is 5.73 Å². The molecule has 5 nitrogen and oxygen atoms in total. The first-order valence-electron chi connectivity index (χ1n) is 6.94. The van der Waals surface area contributed by atoms with E-state index in [4.69, 9.17) is 5.73 Å². The van der Waals surface area contributed by atoms with Crippen LogP contribution in [0.3, 0.4) is 0 Å². The smallest absolute Gasteiger partial charge is 0.0764 e. The minimum absolute atomic E-state index is 0.249. The average molecular weight is 281 g/mol. The number of hydrogen-bond donors (Lipinski definition) is 1. The first-order valence-corrected chi connectivity index (χ1v) is 6.94. The molecule has 2 heterocycles. The normalized spacial score (nSPS) is 12.6. The van der Waals surface area contributed by atoms with Crippen LogP contribution in [-0.4, -0.2) is 19.6 Å². The van der Waals surface area contributed by atoms with Crippen molar-refractivity contribution in [3.63, 3.8) is 0 Å². The summed E-state index contributed by atoms with van der Waals surface area (Å²) in [5.74, 6) is 0. The zero-order chi connectivity index (χ0) is 15.0. The van der Waals surface area contributed by atoms with Gasteiger partial charge in [0.15, 0.2) is 0 Å². The quantitative estimate of drug-likeness (QED) is 0.801. The van der Waals surface area contributed by atoms with Gasteiger partial charge in [0.25, 0.3) is 0 Å². The summed E-state index contributed by atoms with van der Waals surface area (Å²) >= 11 is 0. The van der Waals surface area contributed by atoms with Gasteiger partial charge in [-0.15, -0.1) is 0 Å². The molecule has 3 rings (SSSR count).